The van der Waals surface area contributed by atoms with Gasteiger partial charge in [0.15, 0.2) is 0 Å². The highest BCUT2D eigenvalue weighted by atomic mass is 35.5. The number of hydrogen-bond acceptors (Lipinski definition) is 3. The molecule has 1 fully saturated rings. The number of aryl methyl sites for hydroxylation is 1. The Kier molecular flexibility index (Phi) is 5.22. The number of nitrogens with one attached hydrogen (secondary N) is 1. The Balaban J connectivity index is 1.82. The minimum atomic E-state index is 0.586. The van der Waals surface area contributed by atoms with Crippen LogP contribution in [0.15, 0.2) is 18.2 Å². The summed E-state index contributed by atoms with van der Waals surface area (Å²) in [6.07, 6.45) is 0. The monoisotopic (exact) mass is 281 g/mol. The number of benzene rings is 1. The van der Waals surface area contributed by atoms with Gasteiger partial charge in [0.25, 0.3) is 0 Å². The summed E-state index contributed by atoms with van der Waals surface area (Å²) in [5, 5.41) is 4.39. The van der Waals surface area contributed by atoms with E-state index in [0.717, 1.165) is 37.7 Å². The molecule has 1 aliphatic heterocycles. The van der Waals surface area contributed by atoms with Crippen molar-refractivity contribution in [2.45, 2.75) is 19.5 Å². The standard InChI is InChI=1S/C15H24ClN3/c1-12-4-5-13(15(16)8-12)9-17-10-14-11-18(2)6-7-19(14)3/h4-5,8,14,17H,6-7,9-11H2,1-3H3. The second kappa shape index (κ2) is 6.71. The van der Waals surface area contributed by atoms with Crippen LogP contribution < -0.4 is 5.32 Å². The lowest BCUT2D eigenvalue weighted by molar-refractivity contribution is 0.113. The maximum Gasteiger partial charge on any atom is 0.0453 e. The number of rotatable bonds is 4. The summed E-state index contributed by atoms with van der Waals surface area (Å²) in [5.41, 5.74) is 2.39. The zero-order valence-electron chi connectivity index (χ0n) is 12.1. The quantitative estimate of drug-likeness (QED) is 0.911. The van der Waals surface area contributed by atoms with Crippen molar-refractivity contribution in [2.24, 2.45) is 0 Å². The van der Waals surface area contributed by atoms with Crippen molar-refractivity contribution < 1.29 is 0 Å². The van der Waals surface area contributed by atoms with Gasteiger partial charge in [-0.3, -0.25) is 4.90 Å². The van der Waals surface area contributed by atoms with E-state index in [0.29, 0.717) is 6.04 Å². The van der Waals surface area contributed by atoms with E-state index in [4.69, 9.17) is 11.6 Å². The molecule has 1 N–H and O–H groups in total. The summed E-state index contributed by atoms with van der Waals surface area (Å²) >= 11 is 6.24. The minimum absolute atomic E-state index is 0.586. The first-order valence-corrected chi connectivity index (χ1v) is 7.28. The third kappa shape index (κ3) is 4.18. The van der Waals surface area contributed by atoms with Crippen LogP contribution in [-0.2, 0) is 6.54 Å². The lowest BCUT2D eigenvalue weighted by Gasteiger charge is -2.37. The highest BCUT2D eigenvalue weighted by Gasteiger charge is 2.21. The Morgan fingerprint density at radius 3 is 2.84 bits per heavy atom. The van der Waals surface area contributed by atoms with Crippen LogP contribution in [0.2, 0.25) is 5.02 Å². The molecule has 1 aromatic carbocycles. The predicted octanol–water partition coefficient (Wildman–Crippen LogP) is 1.98. The maximum absolute atomic E-state index is 6.24. The van der Waals surface area contributed by atoms with E-state index in [2.05, 4.69) is 48.3 Å². The van der Waals surface area contributed by atoms with Crippen LogP contribution in [0, 0.1) is 6.92 Å². The molecule has 1 atom stereocenters. The van der Waals surface area contributed by atoms with Gasteiger partial charge in [0.05, 0.1) is 0 Å². The molecule has 1 aromatic rings. The van der Waals surface area contributed by atoms with Crippen LogP contribution in [-0.4, -0.2) is 56.1 Å². The second-order valence-electron chi connectivity index (χ2n) is 5.62. The summed E-state index contributed by atoms with van der Waals surface area (Å²) < 4.78 is 0. The molecule has 1 unspecified atom stereocenters. The number of hydrogen-bond donors (Lipinski definition) is 1. The first-order chi connectivity index (χ1) is 9.06. The van der Waals surface area contributed by atoms with E-state index in [9.17, 15) is 0 Å². The van der Waals surface area contributed by atoms with Gasteiger partial charge < -0.3 is 10.2 Å². The summed E-state index contributed by atoms with van der Waals surface area (Å²) in [6, 6.07) is 6.84. The van der Waals surface area contributed by atoms with Crippen molar-refractivity contribution >= 4 is 11.6 Å². The van der Waals surface area contributed by atoms with Gasteiger partial charge in [0.1, 0.15) is 0 Å². The summed E-state index contributed by atoms with van der Waals surface area (Å²) in [6.45, 7) is 7.35. The van der Waals surface area contributed by atoms with E-state index in [1.54, 1.807) is 0 Å². The smallest absolute Gasteiger partial charge is 0.0453 e. The Labute approximate surface area is 121 Å². The molecule has 2 rings (SSSR count). The lowest BCUT2D eigenvalue weighted by atomic mass is 10.1. The van der Waals surface area contributed by atoms with Crippen LogP contribution in [0.25, 0.3) is 0 Å². The molecule has 3 nitrogen and oxygen atoms in total. The van der Waals surface area contributed by atoms with Gasteiger partial charge in [0, 0.05) is 43.8 Å². The molecule has 0 aromatic heterocycles. The van der Waals surface area contributed by atoms with Gasteiger partial charge in [-0.25, -0.2) is 0 Å². The van der Waals surface area contributed by atoms with E-state index in [1.165, 1.54) is 11.1 Å². The first kappa shape index (κ1) is 14.8. The van der Waals surface area contributed by atoms with Crippen LogP contribution in [0.1, 0.15) is 11.1 Å². The van der Waals surface area contributed by atoms with Gasteiger partial charge in [-0.2, -0.15) is 0 Å². The molecule has 0 bridgehead atoms. The van der Waals surface area contributed by atoms with Crippen molar-refractivity contribution in [3.05, 3.63) is 34.3 Å². The summed E-state index contributed by atoms with van der Waals surface area (Å²) in [7, 11) is 4.40. The van der Waals surface area contributed by atoms with E-state index < -0.39 is 0 Å². The first-order valence-electron chi connectivity index (χ1n) is 6.91. The molecule has 1 saturated heterocycles. The molecule has 0 aliphatic carbocycles. The van der Waals surface area contributed by atoms with Crippen molar-refractivity contribution in [3.8, 4) is 0 Å². The van der Waals surface area contributed by atoms with E-state index in [-0.39, 0.29) is 0 Å². The Hall–Kier alpha value is -0.610. The number of piperazine rings is 1. The zero-order valence-corrected chi connectivity index (χ0v) is 12.9. The van der Waals surface area contributed by atoms with Crippen molar-refractivity contribution in [1.82, 2.24) is 15.1 Å². The fourth-order valence-corrected chi connectivity index (χ4v) is 2.79. The second-order valence-corrected chi connectivity index (χ2v) is 6.03. The molecule has 106 valence electrons. The fourth-order valence-electron chi connectivity index (χ4n) is 2.49. The fraction of sp³-hybridized carbons (Fsp3) is 0.600. The molecule has 0 spiro atoms. The largest absolute Gasteiger partial charge is 0.311 e. The van der Waals surface area contributed by atoms with Gasteiger partial charge >= 0.3 is 0 Å². The van der Waals surface area contributed by atoms with Crippen molar-refractivity contribution in [2.75, 3.05) is 40.3 Å². The maximum atomic E-state index is 6.24. The Bertz CT molecular complexity index is 422. The molecule has 1 aliphatic rings. The average Bonchev–Trinajstić information content (AvgIpc) is 2.36. The summed E-state index contributed by atoms with van der Waals surface area (Å²) in [4.78, 5) is 4.83. The Morgan fingerprint density at radius 1 is 1.32 bits per heavy atom. The summed E-state index contributed by atoms with van der Waals surface area (Å²) in [5.74, 6) is 0. The molecule has 0 amide bonds. The van der Waals surface area contributed by atoms with Crippen molar-refractivity contribution in [1.29, 1.82) is 0 Å². The van der Waals surface area contributed by atoms with Gasteiger partial charge in [0.2, 0.25) is 0 Å². The van der Waals surface area contributed by atoms with Gasteiger partial charge in [-0.05, 0) is 38.2 Å². The normalized spacial score (nSPS) is 21.8. The molecular weight excluding hydrogens is 258 g/mol. The third-order valence-electron chi connectivity index (χ3n) is 3.88. The molecule has 0 radical (unpaired) electrons. The molecule has 1 heterocycles. The van der Waals surface area contributed by atoms with Gasteiger partial charge in [-0.1, -0.05) is 23.7 Å². The SMILES string of the molecule is Cc1ccc(CNCC2CN(C)CCN2C)c(Cl)c1. The van der Waals surface area contributed by atoms with E-state index >= 15 is 0 Å². The number of nitrogens with zero attached hydrogens (tertiary/aromatic N) is 2. The van der Waals surface area contributed by atoms with Gasteiger partial charge in [-0.15, -0.1) is 0 Å². The molecule has 0 saturated carbocycles. The number of likely N-dealkylation sites (N-methyl/N-ethyl adjacent to an activating group) is 2. The van der Waals surface area contributed by atoms with Crippen LogP contribution in [0.3, 0.4) is 0 Å². The lowest BCUT2D eigenvalue weighted by Crippen LogP contribution is -2.53. The van der Waals surface area contributed by atoms with Crippen LogP contribution in [0.4, 0.5) is 0 Å². The Morgan fingerprint density at radius 2 is 2.11 bits per heavy atom. The predicted molar refractivity (Wildman–Crippen MR) is 81.8 cm³/mol. The highest BCUT2D eigenvalue weighted by molar-refractivity contribution is 6.31. The third-order valence-corrected chi connectivity index (χ3v) is 4.24. The zero-order chi connectivity index (χ0) is 13.8. The topological polar surface area (TPSA) is 18.5 Å². The van der Waals surface area contributed by atoms with Crippen LogP contribution >= 0.6 is 11.6 Å². The van der Waals surface area contributed by atoms with Crippen molar-refractivity contribution in [3.63, 3.8) is 0 Å². The van der Waals surface area contributed by atoms with E-state index in [1.807, 2.05) is 6.07 Å². The minimum Gasteiger partial charge on any atom is -0.311 e. The number of halogens is 1. The molecule has 4 heteroatoms. The van der Waals surface area contributed by atoms with Crippen LogP contribution in [0.5, 0.6) is 0 Å². The highest BCUT2D eigenvalue weighted by Crippen LogP contribution is 2.17. The molecule has 19 heavy (non-hydrogen) atoms. The molecular formula is C15H24ClN3. The average molecular weight is 282 g/mol.